The molecule has 0 radical (unpaired) electrons. The Bertz CT molecular complexity index is 3530. The average Bonchev–Trinajstić information content (AvgIpc) is 3.79. The average molecular weight is 768 g/mol. The summed E-state index contributed by atoms with van der Waals surface area (Å²) in [6.45, 7) is 4.61. The van der Waals surface area contributed by atoms with Gasteiger partial charge in [-0.15, -0.1) is 0 Å². The minimum absolute atomic E-state index is 0.165. The molecule has 1 aliphatic carbocycles. The molecule has 0 fully saturated rings. The zero-order valence-corrected chi connectivity index (χ0v) is 33.1. The lowest BCUT2D eigenvalue weighted by atomic mass is 9.82. The van der Waals surface area contributed by atoms with Crippen LogP contribution >= 0.6 is 0 Å². The van der Waals surface area contributed by atoms with Crippen molar-refractivity contribution in [3.05, 3.63) is 199 Å². The zero-order valence-electron chi connectivity index (χ0n) is 33.1. The maximum atomic E-state index is 6.80. The van der Waals surface area contributed by atoms with E-state index in [2.05, 4.69) is 196 Å². The molecule has 2 heterocycles. The fraction of sp³-hybridized carbons (Fsp3) is 0.0536. The van der Waals surface area contributed by atoms with E-state index in [4.69, 9.17) is 19.4 Å². The van der Waals surface area contributed by atoms with Gasteiger partial charge in [-0.3, -0.25) is 0 Å². The summed E-state index contributed by atoms with van der Waals surface area (Å²) in [5.74, 6) is 1.84. The summed E-state index contributed by atoms with van der Waals surface area (Å²) in [6, 6.07) is 66.7. The number of nitrogens with zero attached hydrogens (tertiary/aromatic N) is 3. The number of aromatic nitrogens is 3. The van der Waals surface area contributed by atoms with Gasteiger partial charge in [-0.1, -0.05) is 166 Å². The summed E-state index contributed by atoms with van der Waals surface area (Å²) < 4.78 is 6.80. The smallest absolute Gasteiger partial charge is 0.164 e. The fourth-order valence-electron chi connectivity index (χ4n) is 9.44. The number of fused-ring (bicyclic) bond motifs is 9. The summed E-state index contributed by atoms with van der Waals surface area (Å²) in [4.78, 5) is 15.9. The molecule has 0 spiro atoms. The van der Waals surface area contributed by atoms with Crippen LogP contribution in [-0.2, 0) is 5.41 Å². The van der Waals surface area contributed by atoms with Crippen molar-refractivity contribution in [1.82, 2.24) is 15.0 Å². The Morgan fingerprint density at radius 3 is 1.83 bits per heavy atom. The standard InChI is InChI=1S/C56H37N3O/c1-56(2)48-22-11-10-20-43(48)44-27-26-41(31-49(44)56)54-57-53(40-18-12-17-37(30-40)34-13-4-3-5-14-34)58-55(59-54)47-33-51-52(45-21-9-8-19-42(45)47)46-28-25-39(32-50(46)60-51)38-24-23-35-15-6-7-16-36(35)29-38/h3-33H,1-2H3. The van der Waals surface area contributed by atoms with Gasteiger partial charge in [0.15, 0.2) is 17.5 Å². The molecule has 12 rings (SSSR count). The molecule has 0 saturated carbocycles. The molecule has 4 heteroatoms. The molecule has 0 amide bonds. The van der Waals surface area contributed by atoms with Crippen LogP contribution in [0.4, 0.5) is 0 Å². The first-order chi connectivity index (χ1) is 29.5. The first kappa shape index (κ1) is 34.4. The van der Waals surface area contributed by atoms with Crippen LogP contribution in [0.2, 0.25) is 0 Å². The Balaban J connectivity index is 1.06. The minimum Gasteiger partial charge on any atom is -0.456 e. The van der Waals surface area contributed by atoms with E-state index in [-0.39, 0.29) is 5.41 Å². The maximum absolute atomic E-state index is 6.80. The highest BCUT2D eigenvalue weighted by Gasteiger charge is 2.35. The highest BCUT2D eigenvalue weighted by atomic mass is 16.3. The van der Waals surface area contributed by atoms with Crippen LogP contribution in [0, 0.1) is 0 Å². The second-order valence-corrected chi connectivity index (χ2v) is 16.4. The number of hydrogen-bond acceptors (Lipinski definition) is 4. The molecule has 0 saturated heterocycles. The van der Waals surface area contributed by atoms with Gasteiger partial charge in [0.25, 0.3) is 0 Å². The first-order valence-electron chi connectivity index (χ1n) is 20.5. The Labute approximate surface area is 347 Å². The molecule has 0 atom stereocenters. The molecule has 282 valence electrons. The van der Waals surface area contributed by atoms with Gasteiger partial charge in [-0.2, -0.15) is 0 Å². The van der Waals surface area contributed by atoms with Crippen LogP contribution in [0.3, 0.4) is 0 Å². The van der Waals surface area contributed by atoms with E-state index in [1.54, 1.807) is 0 Å². The lowest BCUT2D eigenvalue weighted by Crippen LogP contribution is -2.15. The molecular weight excluding hydrogens is 731 g/mol. The summed E-state index contributed by atoms with van der Waals surface area (Å²) in [5, 5.41) is 6.75. The van der Waals surface area contributed by atoms with Crippen molar-refractivity contribution in [1.29, 1.82) is 0 Å². The molecule has 2 aromatic heterocycles. The van der Waals surface area contributed by atoms with Gasteiger partial charge in [0.05, 0.1) is 0 Å². The van der Waals surface area contributed by atoms with Crippen molar-refractivity contribution in [2.45, 2.75) is 19.3 Å². The van der Waals surface area contributed by atoms with Crippen molar-refractivity contribution in [3.8, 4) is 67.5 Å². The Hall–Kier alpha value is -7.69. The van der Waals surface area contributed by atoms with Crippen molar-refractivity contribution in [2.24, 2.45) is 0 Å². The van der Waals surface area contributed by atoms with E-state index in [0.717, 1.165) is 71.7 Å². The van der Waals surface area contributed by atoms with Crippen LogP contribution in [0.25, 0.3) is 111 Å². The Morgan fingerprint density at radius 1 is 0.350 bits per heavy atom. The quantitative estimate of drug-likeness (QED) is 0.175. The number of rotatable bonds is 5. The first-order valence-corrected chi connectivity index (χ1v) is 20.5. The van der Waals surface area contributed by atoms with Gasteiger partial charge in [-0.25, -0.2) is 15.0 Å². The van der Waals surface area contributed by atoms with E-state index in [9.17, 15) is 0 Å². The summed E-state index contributed by atoms with van der Waals surface area (Å²) in [7, 11) is 0. The lowest BCUT2D eigenvalue weighted by molar-refractivity contribution is 0.660. The van der Waals surface area contributed by atoms with Gasteiger partial charge in [0, 0.05) is 32.9 Å². The molecule has 0 unspecified atom stereocenters. The second kappa shape index (κ2) is 13.2. The third-order valence-corrected chi connectivity index (χ3v) is 12.5. The topological polar surface area (TPSA) is 51.8 Å². The molecule has 0 bridgehead atoms. The largest absolute Gasteiger partial charge is 0.456 e. The van der Waals surface area contributed by atoms with E-state index < -0.39 is 0 Å². The zero-order chi connectivity index (χ0) is 40.0. The van der Waals surface area contributed by atoms with Crippen molar-refractivity contribution in [3.63, 3.8) is 0 Å². The van der Waals surface area contributed by atoms with Crippen LogP contribution in [0.15, 0.2) is 192 Å². The third-order valence-electron chi connectivity index (χ3n) is 12.5. The highest BCUT2D eigenvalue weighted by Crippen LogP contribution is 2.49. The molecule has 0 N–H and O–H groups in total. The lowest BCUT2D eigenvalue weighted by Gasteiger charge is -2.21. The van der Waals surface area contributed by atoms with E-state index in [1.807, 2.05) is 6.07 Å². The normalized spacial score (nSPS) is 13.0. The van der Waals surface area contributed by atoms with Crippen LogP contribution < -0.4 is 0 Å². The van der Waals surface area contributed by atoms with Gasteiger partial charge in [0.2, 0.25) is 0 Å². The van der Waals surface area contributed by atoms with Crippen molar-refractivity contribution < 1.29 is 4.42 Å². The van der Waals surface area contributed by atoms with Crippen molar-refractivity contribution >= 4 is 43.5 Å². The van der Waals surface area contributed by atoms with Crippen LogP contribution in [0.1, 0.15) is 25.0 Å². The fourth-order valence-corrected chi connectivity index (χ4v) is 9.44. The van der Waals surface area contributed by atoms with E-state index in [0.29, 0.717) is 17.5 Å². The summed E-state index contributed by atoms with van der Waals surface area (Å²) in [6.07, 6.45) is 0. The third kappa shape index (κ3) is 5.41. The monoisotopic (exact) mass is 767 g/mol. The molecule has 1 aliphatic rings. The molecule has 60 heavy (non-hydrogen) atoms. The summed E-state index contributed by atoms with van der Waals surface area (Å²) in [5.41, 5.74) is 13.9. The van der Waals surface area contributed by atoms with Gasteiger partial charge in [0.1, 0.15) is 11.2 Å². The number of benzene rings is 9. The van der Waals surface area contributed by atoms with Crippen LogP contribution in [0.5, 0.6) is 0 Å². The summed E-state index contributed by atoms with van der Waals surface area (Å²) >= 11 is 0. The molecule has 4 nitrogen and oxygen atoms in total. The Morgan fingerprint density at radius 2 is 0.967 bits per heavy atom. The highest BCUT2D eigenvalue weighted by molar-refractivity contribution is 6.22. The number of furan rings is 1. The SMILES string of the molecule is CC1(C)c2ccccc2-c2ccc(-c3nc(-c4cccc(-c5ccccc5)c4)nc(-c4cc5oc6cc(-c7ccc8ccccc8c7)ccc6c5c5ccccc45)n3)cc21. The molecule has 9 aromatic carbocycles. The van der Waals surface area contributed by atoms with Gasteiger partial charge in [-0.05, 0) is 102 Å². The predicted octanol–water partition coefficient (Wildman–Crippen LogP) is 14.7. The minimum atomic E-state index is -0.165. The molecule has 11 aromatic rings. The maximum Gasteiger partial charge on any atom is 0.164 e. The van der Waals surface area contributed by atoms with Crippen LogP contribution in [-0.4, -0.2) is 15.0 Å². The predicted molar refractivity (Wildman–Crippen MR) is 247 cm³/mol. The number of hydrogen-bond donors (Lipinski definition) is 0. The van der Waals surface area contributed by atoms with E-state index in [1.165, 1.54) is 33.0 Å². The second-order valence-electron chi connectivity index (χ2n) is 16.4. The Kier molecular flexibility index (Phi) is 7.54. The van der Waals surface area contributed by atoms with Gasteiger partial charge < -0.3 is 4.42 Å². The van der Waals surface area contributed by atoms with Gasteiger partial charge >= 0.3 is 0 Å². The molecule has 0 aliphatic heterocycles. The molecular formula is C56H37N3O. The van der Waals surface area contributed by atoms with E-state index >= 15 is 0 Å². The van der Waals surface area contributed by atoms with Crippen molar-refractivity contribution in [2.75, 3.05) is 0 Å².